The highest BCUT2D eigenvalue weighted by Gasteiger charge is 2.34. The molecule has 0 saturated carbocycles. The SMILES string of the molecule is C[C@@H](Sc1nnc2sc3ccccc3n12)C(=O)N1c2ccccc2C[C@@H]1C. The van der Waals surface area contributed by atoms with Crippen molar-refractivity contribution < 1.29 is 4.79 Å². The minimum absolute atomic E-state index is 0.119. The zero-order valence-electron chi connectivity index (χ0n) is 15.0. The lowest BCUT2D eigenvalue weighted by molar-refractivity contribution is -0.118. The predicted molar refractivity (Wildman–Crippen MR) is 111 cm³/mol. The van der Waals surface area contributed by atoms with E-state index in [9.17, 15) is 4.79 Å². The summed E-state index contributed by atoms with van der Waals surface area (Å²) < 4.78 is 3.22. The lowest BCUT2D eigenvalue weighted by Crippen LogP contribution is -2.40. The Balaban J connectivity index is 1.46. The van der Waals surface area contributed by atoms with Gasteiger partial charge in [-0.3, -0.25) is 9.20 Å². The van der Waals surface area contributed by atoms with Crippen LogP contribution in [-0.2, 0) is 11.2 Å². The number of para-hydroxylation sites is 2. The summed E-state index contributed by atoms with van der Waals surface area (Å²) in [5.41, 5.74) is 3.36. The maximum atomic E-state index is 13.2. The second-order valence-electron chi connectivity index (χ2n) is 6.82. The molecule has 3 heterocycles. The first-order valence-corrected chi connectivity index (χ1v) is 10.6. The van der Waals surface area contributed by atoms with Gasteiger partial charge < -0.3 is 4.90 Å². The zero-order chi connectivity index (χ0) is 18.5. The van der Waals surface area contributed by atoms with Crippen LogP contribution in [0.2, 0.25) is 0 Å². The van der Waals surface area contributed by atoms with Gasteiger partial charge in [-0.2, -0.15) is 0 Å². The highest BCUT2D eigenvalue weighted by atomic mass is 32.2. The van der Waals surface area contributed by atoms with Crippen molar-refractivity contribution in [3.63, 3.8) is 0 Å². The second-order valence-corrected chi connectivity index (χ2v) is 9.14. The molecule has 0 aliphatic carbocycles. The van der Waals surface area contributed by atoms with Crippen LogP contribution in [0.4, 0.5) is 5.69 Å². The van der Waals surface area contributed by atoms with Crippen molar-refractivity contribution in [1.29, 1.82) is 0 Å². The summed E-state index contributed by atoms with van der Waals surface area (Å²) in [7, 11) is 0. The maximum absolute atomic E-state index is 13.2. The average Bonchev–Trinajstić information content (AvgIpc) is 3.32. The van der Waals surface area contributed by atoms with Crippen LogP contribution in [0.25, 0.3) is 15.2 Å². The topological polar surface area (TPSA) is 50.5 Å². The van der Waals surface area contributed by atoms with E-state index in [0.717, 1.165) is 27.7 Å². The molecule has 7 heteroatoms. The Morgan fingerprint density at radius 3 is 2.85 bits per heavy atom. The van der Waals surface area contributed by atoms with E-state index in [4.69, 9.17) is 0 Å². The molecule has 0 saturated heterocycles. The average molecular weight is 395 g/mol. The largest absolute Gasteiger partial charge is 0.308 e. The van der Waals surface area contributed by atoms with E-state index in [1.165, 1.54) is 22.0 Å². The Morgan fingerprint density at radius 2 is 1.96 bits per heavy atom. The molecule has 2 aromatic heterocycles. The maximum Gasteiger partial charge on any atom is 0.240 e. The van der Waals surface area contributed by atoms with Crippen LogP contribution in [0, 0.1) is 0 Å². The molecule has 1 aliphatic rings. The van der Waals surface area contributed by atoms with E-state index in [2.05, 4.69) is 39.7 Å². The van der Waals surface area contributed by atoms with Gasteiger partial charge in [0.15, 0.2) is 5.16 Å². The van der Waals surface area contributed by atoms with Crippen molar-refractivity contribution in [3.8, 4) is 0 Å². The third kappa shape index (κ3) is 2.64. The second kappa shape index (κ2) is 6.35. The third-order valence-corrected chi connectivity index (χ3v) is 7.03. The molecule has 1 aliphatic heterocycles. The summed E-state index contributed by atoms with van der Waals surface area (Å²) in [6.07, 6.45) is 0.906. The van der Waals surface area contributed by atoms with Crippen LogP contribution in [0.5, 0.6) is 0 Å². The normalized spacial score (nSPS) is 17.6. The highest BCUT2D eigenvalue weighted by molar-refractivity contribution is 8.00. The van der Waals surface area contributed by atoms with Crippen molar-refractivity contribution >= 4 is 49.9 Å². The van der Waals surface area contributed by atoms with Crippen molar-refractivity contribution in [2.24, 2.45) is 0 Å². The predicted octanol–water partition coefficient (Wildman–Crippen LogP) is 4.40. The molecule has 5 nitrogen and oxygen atoms in total. The van der Waals surface area contributed by atoms with E-state index < -0.39 is 0 Å². The van der Waals surface area contributed by atoms with Crippen molar-refractivity contribution in [2.45, 2.75) is 36.7 Å². The number of rotatable bonds is 3. The number of anilines is 1. The molecule has 0 spiro atoms. The number of thiazole rings is 1. The standard InChI is InChI=1S/C20H18N4OS2/c1-12-11-14-7-3-4-8-15(14)23(12)18(25)13(2)26-19-21-22-20-24(19)16-9-5-6-10-17(16)27-20/h3-10,12-13H,11H2,1-2H3/t12-,13+/m0/s1. The monoisotopic (exact) mass is 394 g/mol. The van der Waals surface area contributed by atoms with E-state index in [0.29, 0.717) is 0 Å². The number of hydrogen-bond acceptors (Lipinski definition) is 5. The number of thioether (sulfide) groups is 1. The van der Waals surface area contributed by atoms with Gasteiger partial charge >= 0.3 is 0 Å². The molecule has 4 aromatic rings. The van der Waals surface area contributed by atoms with Crippen molar-refractivity contribution in [3.05, 3.63) is 54.1 Å². The van der Waals surface area contributed by atoms with Gasteiger partial charge in [-0.15, -0.1) is 10.2 Å². The number of carbonyl (C=O) groups excluding carboxylic acids is 1. The summed E-state index contributed by atoms with van der Waals surface area (Å²) >= 11 is 3.09. The first kappa shape index (κ1) is 16.8. The zero-order valence-corrected chi connectivity index (χ0v) is 16.6. The first-order chi connectivity index (χ1) is 13.1. The van der Waals surface area contributed by atoms with E-state index in [1.807, 2.05) is 42.2 Å². The molecule has 5 rings (SSSR count). The fourth-order valence-corrected chi connectivity index (χ4v) is 5.67. The van der Waals surface area contributed by atoms with Gasteiger partial charge in [-0.1, -0.05) is 53.4 Å². The van der Waals surface area contributed by atoms with Gasteiger partial charge in [0.2, 0.25) is 10.9 Å². The van der Waals surface area contributed by atoms with Crippen LogP contribution in [-0.4, -0.2) is 31.8 Å². The van der Waals surface area contributed by atoms with Crippen LogP contribution < -0.4 is 4.90 Å². The minimum Gasteiger partial charge on any atom is -0.308 e. The molecule has 2 atom stereocenters. The molecule has 136 valence electrons. The van der Waals surface area contributed by atoms with Crippen LogP contribution >= 0.6 is 23.1 Å². The minimum atomic E-state index is -0.246. The quantitative estimate of drug-likeness (QED) is 0.483. The van der Waals surface area contributed by atoms with Crippen molar-refractivity contribution in [2.75, 3.05) is 4.90 Å². The molecule has 0 unspecified atom stereocenters. The summed E-state index contributed by atoms with van der Waals surface area (Å²) in [5, 5.41) is 9.16. The Hall–Kier alpha value is -2.38. The molecule has 0 N–H and O–H groups in total. The number of fused-ring (bicyclic) bond motifs is 4. The number of carbonyl (C=O) groups is 1. The van der Waals surface area contributed by atoms with Gasteiger partial charge in [0.05, 0.1) is 15.5 Å². The Labute approximate surface area is 165 Å². The molecule has 27 heavy (non-hydrogen) atoms. The van der Waals surface area contributed by atoms with Crippen LogP contribution in [0.1, 0.15) is 19.4 Å². The number of amides is 1. The smallest absolute Gasteiger partial charge is 0.240 e. The van der Waals surface area contributed by atoms with E-state index >= 15 is 0 Å². The highest BCUT2D eigenvalue weighted by Crippen LogP contribution is 2.36. The summed E-state index contributed by atoms with van der Waals surface area (Å²) in [5.74, 6) is 0.119. The number of benzene rings is 2. The molecule has 2 aromatic carbocycles. The fourth-order valence-electron chi connectivity index (χ4n) is 3.74. The van der Waals surface area contributed by atoms with Gasteiger partial charge in [0.25, 0.3) is 0 Å². The molecular weight excluding hydrogens is 376 g/mol. The number of hydrogen-bond donors (Lipinski definition) is 0. The van der Waals surface area contributed by atoms with Crippen LogP contribution in [0.3, 0.4) is 0 Å². The third-order valence-electron chi connectivity index (χ3n) is 4.99. The first-order valence-electron chi connectivity index (χ1n) is 8.94. The van der Waals surface area contributed by atoms with E-state index in [-0.39, 0.29) is 17.2 Å². The Kier molecular flexibility index (Phi) is 3.94. The molecule has 1 amide bonds. The van der Waals surface area contributed by atoms with Gasteiger partial charge in [0.1, 0.15) is 0 Å². The Bertz CT molecular complexity index is 1170. The molecular formula is C20H18N4OS2. The van der Waals surface area contributed by atoms with E-state index in [1.54, 1.807) is 11.3 Å². The number of aromatic nitrogens is 3. The molecule has 0 bridgehead atoms. The number of nitrogens with zero attached hydrogens (tertiary/aromatic N) is 4. The van der Waals surface area contributed by atoms with Gasteiger partial charge in [-0.05, 0) is 44.0 Å². The lowest BCUT2D eigenvalue weighted by Gasteiger charge is -2.25. The summed E-state index contributed by atoms with van der Waals surface area (Å²) in [6.45, 7) is 4.06. The summed E-state index contributed by atoms with van der Waals surface area (Å²) in [6, 6.07) is 16.5. The van der Waals surface area contributed by atoms with Gasteiger partial charge in [-0.25, -0.2) is 0 Å². The lowest BCUT2D eigenvalue weighted by atomic mass is 10.1. The Morgan fingerprint density at radius 1 is 1.19 bits per heavy atom. The molecule has 0 radical (unpaired) electrons. The summed E-state index contributed by atoms with van der Waals surface area (Å²) in [4.78, 5) is 16.0. The van der Waals surface area contributed by atoms with Crippen LogP contribution in [0.15, 0.2) is 53.7 Å². The fraction of sp³-hybridized carbons (Fsp3) is 0.250. The van der Waals surface area contributed by atoms with Crippen molar-refractivity contribution in [1.82, 2.24) is 14.6 Å². The van der Waals surface area contributed by atoms with Gasteiger partial charge in [0, 0.05) is 11.7 Å². The molecule has 0 fully saturated rings.